The van der Waals surface area contributed by atoms with E-state index >= 15 is 0 Å². The molecule has 0 aliphatic carbocycles. The maximum atomic E-state index is 14.5. The van der Waals surface area contributed by atoms with Crippen molar-refractivity contribution < 1.29 is 19.5 Å². The molecule has 2 atom stereocenters. The fourth-order valence-electron chi connectivity index (χ4n) is 7.01. The predicted molar refractivity (Wildman–Crippen MR) is 185 cm³/mol. The molecular formula is C38H39N7O4. The van der Waals surface area contributed by atoms with Gasteiger partial charge in [-0.2, -0.15) is 5.10 Å². The number of nitrogens with zero attached hydrogens (tertiary/aromatic N) is 6. The summed E-state index contributed by atoms with van der Waals surface area (Å²) >= 11 is 0. The molecule has 2 aliphatic heterocycles. The molecule has 11 nitrogen and oxygen atoms in total. The molecule has 7 rings (SSSR count). The van der Waals surface area contributed by atoms with E-state index in [1.54, 1.807) is 51.1 Å². The van der Waals surface area contributed by atoms with Crippen LogP contribution < -0.4 is 5.32 Å². The highest BCUT2D eigenvalue weighted by Crippen LogP contribution is 2.30. The molecule has 3 heterocycles. The number of amides is 4. The van der Waals surface area contributed by atoms with Gasteiger partial charge in [0.1, 0.15) is 18.0 Å². The van der Waals surface area contributed by atoms with Crippen molar-refractivity contribution in [3.8, 4) is 5.75 Å². The molecule has 0 saturated carbocycles. The van der Waals surface area contributed by atoms with Gasteiger partial charge in [-0.15, -0.1) is 0 Å². The minimum Gasteiger partial charge on any atom is -0.508 e. The molecule has 11 heteroatoms. The van der Waals surface area contributed by atoms with Crippen LogP contribution in [0.3, 0.4) is 0 Å². The van der Waals surface area contributed by atoms with Crippen LogP contribution in [-0.2, 0) is 35.6 Å². The van der Waals surface area contributed by atoms with Crippen molar-refractivity contribution in [2.45, 2.75) is 45.2 Å². The summed E-state index contributed by atoms with van der Waals surface area (Å²) in [4.78, 5) is 45.4. The van der Waals surface area contributed by atoms with Crippen molar-refractivity contribution in [1.82, 2.24) is 34.9 Å². The highest BCUT2D eigenvalue weighted by molar-refractivity contribution is 5.92. The Labute approximate surface area is 284 Å². The van der Waals surface area contributed by atoms with Crippen LogP contribution in [0.2, 0.25) is 0 Å². The second kappa shape index (κ2) is 13.4. The number of hydrazine groups is 1. The van der Waals surface area contributed by atoms with Gasteiger partial charge in [0.25, 0.3) is 0 Å². The number of carbonyl (C=O) groups is 3. The SMILES string of the molecule is Cc1cccc(Cn2ncc3cccc(CN4C[C@H]5N(C(=O)CN(C)N5C(=O)NCc5ccccc5)[C@@H](Cc5ccc(O)cc5)C4=O)c32)c1. The maximum absolute atomic E-state index is 14.5. The highest BCUT2D eigenvalue weighted by Gasteiger charge is 2.50. The van der Waals surface area contributed by atoms with Crippen LogP contribution >= 0.6 is 0 Å². The number of likely N-dealkylation sites (N-methyl/N-ethyl adjacent to an activating group) is 1. The van der Waals surface area contributed by atoms with Gasteiger partial charge in [-0.3, -0.25) is 14.3 Å². The molecule has 49 heavy (non-hydrogen) atoms. The van der Waals surface area contributed by atoms with Crippen molar-refractivity contribution in [3.05, 3.63) is 131 Å². The van der Waals surface area contributed by atoms with Crippen LogP contribution in [0.5, 0.6) is 5.75 Å². The third-order valence-electron chi connectivity index (χ3n) is 9.32. The van der Waals surface area contributed by atoms with Gasteiger partial charge in [0.05, 0.1) is 31.3 Å². The summed E-state index contributed by atoms with van der Waals surface area (Å²) in [5.41, 5.74) is 5.89. The molecule has 5 aromatic rings. The fourth-order valence-corrected chi connectivity index (χ4v) is 7.01. The maximum Gasteiger partial charge on any atom is 0.334 e. The first-order chi connectivity index (χ1) is 23.7. The molecule has 250 valence electrons. The zero-order valence-electron chi connectivity index (χ0n) is 27.6. The van der Waals surface area contributed by atoms with E-state index in [9.17, 15) is 19.5 Å². The highest BCUT2D eigenvalue weighted by atomic mass is 16.3. The second-order valence-corrected chi connectivity index (χ2v) is 12.8. The topological polar surface area (TPSA) is 114 Å². The Morgan fingerprint density at radius 1 is 0.898 bits per heavy atom. The van der Waals surface area contributed by atoms with Crippen LogP contribution in [0.1, 0.15) is 27.8 Å². The number of para-hydroxylation sites is 1. The average molecular weight is 658 g/mol. The summed E-state index contributed by atoms with van der Waals surface area (Å²) in [6.45, 7) is 3.30. The van der Waals surface area contributed by atoms with Crippen LogP contribution in [0.15, 0.2) is 103 Å². The number of aromatic nitrogens is 2. The van der Waals surface area contributed by atoms with E-state index in [2.05, 4.69) is 30.4 Å². The summed E-state index contributed by atoms with van der Waals surface area (Å²) < 4.78 is 1.97. The van der Waals surface area contributed by atoms with E-state index < -0.39 is 12.2 Å². The summed E-state index contributed by atoms with van der Waals surface area (Å²) in [6.07, 6.45) is 1.34. The van der Waals surface area contributed by atoms with Gasteiger partial charge in [0.15, 0.2) is 0 Å². The number of phenols is 1. The first kappa shape index (κ1) is 31.9. The predicted octanol–water partition coefficient (Wildman–Crippen LogP) is 4.28. The average Bonchev–Trinajstić information content (AvgIpc) is 3.50. The Bertz CT molecular complexity index is 1990. The molecule has 0 unspecified atom stereocenters. The largest absolute Gasteiger partial charge is 0.508 e. The third-order valence-corrected chi connectivity index (χ3v) is 9.32. The van der Waals surface area contributed by atoms with Gasteiger partial charge in [0.2, 0.25) is 11.8 Å². The monoisotopic (exact) mass is 657 g/mol. The summed E-state index contributed by atoms with van der Waals surface area (Å²) in [7, 11) is 1.72. The Hall–Kier alpha value is -5.68. The molecule has 0 radical (unpaired) electrons. The number of hydrogen-bond donors (Lipinski definition) is 2. The summed E-state index contributed by atoms with van der Waals surface area (Å²) in [6, 6.07) is 29.4. The Balaban J connectivity index is 1.23. The van der Waals surface area contributed by atoms with Crippen molar-refractivity contribution in [2.24, 2.45) is 0 Å². The van der Waals surface area contributed by atoms with Gasteiger partial charge >= 0.3 is 6.03 Å². The van der Waals surface area contributed by atoms with E-state index in [0.717, 1.165) is 33.2 Å². The zero-order chi connectivity index (χ0) is 34.1. The fraction of sp³-hybridized carbons (Fsp3) is 0.263. The lowest BCUT2D eigenvalue weighted by atomic mass is 9.98. The number of phenolic OH excluding ortho intramolecular Hbond substituents is 1. The number of carbonyl (C=O) groups excluding carboxylic acids is 3. The Morgan fingerprint density at radius 3 is 2.43 bits per heavy atom. The molecule has 2 saturated heterocycles. The van der Waals surface area contributed by atoms with Crippen molar-refractivity contribution in [2.75, 3.05) is 20.1 Å². The van der Waals surface area contributed by atoms with Crippen molar-refractivity contribution in [1.29, 1.82) is 0 Å². The number of urea groups is 1. The van der Waals surface area contributed by atoms with E-state index in [-0.39, 0.29) is 49.7 Å². The number of rotatable bonds is 8. The minimum atomic E-state index is -0.856. The lowest BCUT2D eigenvalue weighted by Crippen LogP contribution is -2.76. The standard InChI is InChI=1S/C38H39N7O4/c1-26-8-6-11-29(18-26)22-43-36-30(21-40-43)12-7-13-31(36)23-42-24-34-44(33(37(42)48)19-27-14-16-32(46)17-15-27)35(47)25-41(2)45(34)38(49)39-20-28-9-4-3-5-10-28/h3-18,21,33-34,46H,19-20,22-25H2,1-2H3,(H,39,49)/t33-,34-/m0/s1. The van der Waals surface area contributed by atoms with Crippen LogP contribution in [-0.4, -0.2) is 84.9 Å². The first-order valence-corrected chi connectivity index (χ1v) is 16.4. The second-order valence-electron chi connectivity index (χ2n) is 12.8. The lowest BCUT2D eigenvalue weighted by Gasteiger charge is -2.54. The molecule has 0 spiro atoms. The Morgan fingerprint density at radius 2 is 1.65 bits per heavy atom. The van der Waals surface area contributed by atoms with E-state index in [1.807, 2.05) is 65.5 Å². The summed E-state index contributed by atoms with van der Waals surface area (Å²) in [5.74, 6) is -0.311. The van der Waals surface area contributed by atoms with Crippen molar-refractivity contribution >= 4 is 28.7 Å². The number of benzene rings is 4. The number of piperazine rings is 1. The zero-order valence-corrected chi connectivity index (χ0v) is 27.6. The van der Waals surface area contributed by atoms with Gasteiger partial charge in [0, 0.05) is 31.9 Å². The van der Waals surface area contributed by atoms with Crippen LogP contribution in [0, 0.1) is 6.92 Å². The number of hydrogen-bond acceptors (Lipinski definition) is 6. The molecule has 2 fully saturated rings. The van der Waals surface area contributed by atoms with Crippen LogP contribution in [0.25, 0.3) is 10.9 Å². The van der Waals surface area contributed by atoms with Gasteiger partial charge < -0.3 is 20.2 Å². The molecule has 4 amide bonds. The number of nitrogens with one attached hydrogen (secondary N) is 1. The normalized spacial score (nSPS) is 18.2. The van der Waals surface area contributed by atoms with Crippen molar-refractivity contribution in [3.63, 3.8) is 0 Å². The van der Waals surface area contributed by atoms with Gasteiger partial charge in [-0.25, -0.2) is 14.8 Å². The molecular weight excluding hydrogens is 618 g/mol. The molecule has 4 aromatic carbocycles. The van der Waals surface area contributed by atoms with Gasteiger partial charge in [-0.1, -0.05) is 90.5 Å². The number of aryl methyl sites for hydroxylation is 1. The van der Waals surface area contributed by atoms with Crippen LogP contribution in [0.4, 0.5) is 4.79 Å². The number of aromatic hydroxyl groups is 1. The molecule has 2 aliphatic rings. The minimum absolute atomic E-state index is 0.0495. The van der Waals surface area contributed by atoms with Gasteiger partial charge in [-0.05, 0) is 41.3 Å². The summed E-state index contributed by atoms with van der Waals surface area (Å²) in [5, 5.41) is 21.8. The molecule has 1 aromatic heterocycles. The quantitative estimate of drug-likeness (QED) is 0.258. The first-order valence-electron chi connectivity index (χ1n) is 16.4. The Kier molecular flexibility index (Phi) is 8.75. The lowest BCUT2D eigenvalue weighted by molar-refractivity contribution is -0.187. The van der Waals surface area contributed by atoms with E-state index in [0.29, 0.717) is 13.1 Å². The smallest absolute Gasteiger partial charge is 0.334 e. The third kappa shape index (κ3) is 6.57. The van der Waals surface area contributed by atoms with E-state index in [1.165, 1.54) is 5.56 Å². The van der Waals surface area contributed by atoms with E-state index in [4.69, 9.17) is 5.10 Å². The molecule has 2 N–H and O–H groups in total. The number of fused-ring (bicyclic) bond motifs is 2. The molecule has 0 bridgehead atoms.